The van der Waals surface area contributed by atoms with Gasteiger partial charge >= 0.3 is 6.03 Å². The lowest BCUT2D eigenvalue weighted by atomic mass is 9.67. The summed E-state index contributed by atoms with van der Waals surface area (Å²) < 4.78 is 0. The number of phenols is 1. The number of rotatable bonds is 10. The number of aromatic nitrogens is 5. The number of anilines is 3. The van der Waals surface area contributed by atoms with E-state index in [4.69, 9.17) is 9.97 Å². The fraction of sp³-hybridized carbons (Fsp3) is 0.527. The summed E-state index contributed by atoms with van der Waals surface area (Å²) in [6.07, 6.45) is 9.91. The van der Waals surface area contributed by atoms with Crippen LogP contribution in [0.3, 0.4) is 0 Å². The molecule has 5 aliphatic heterocycles. The molecule has 74 heavy (non-hydrogen) atoms. The standard InChI is InChI=1S/C55H69N13O5S/c1-34-47(74-33-60-34)37-11-9-35(10-12-37)25-57-50(71)45-23-41(69)30-68(45)51(72)48(54(2,3)4)61-53(73)66-31-55(32-66)17-13-39(14-18-55)64-19-15-36(16-20-64)38-26-58-52(59-27-38)65-21-22-67-40(29-65)28-56-49-44(67)24-43(62-63-49)42-7-5-6-8-46(42)70/h5-12,24,26-27,33,36,39-41,45,48,69-70H,13-23,25,28-32H2,1-4H3,(H,56,63)(H,57,71)(H,61,73)/t40-,41+,45-,48+/m0/s1. The number of carbonyl (C=O) groups excluding carboxylic acids is 3. The molecule has 5 N–H and O–H groups in total. The SMILES string of the molecule is Cc1ncsc1-c1ccc(CNC(=O)[C@@H]2C[C@@H](O)CN2C(=O)[C@@H](NC(=O)N2CC3(CCC(N4CCC(c5cnc(N6CCN7c8cc(-c9ccccc9O)nnc8NC[C@H]7C6)nc5)CC4)CC3)C2)C(C)(C)C)cc1. The zero-order valence-corrected chi connectivity index (χ0v) is 43.7. The van der Waals surface area contributed by atoms with E-state index in [0.717, 1.165) is 117 Å². The Kier molecular flexibility index (Phi) is 13.7. The molecule has 19 heteroatoms. The van der Waals surface area contributed by atoms with Gasteiger partial charge in [-0.3, -0.25) is 9.59 Å². The van der Waals surface area contributed by atoms with Gasteiger partial charge in [-0.2, -0.15) is 0 Å². The minimum Gasteiger partial charge on any atom is -0.507 e. The number of nitrogens with zero attached hydrogens (tertiary/aromatic N) is 10. The number of aliphatic hydroxyl groups is 1. The molecule has 1 saturated carbocycles. The average molecular weight is 1020 g/mol. The molecular weight excluding hydrogens is 955 g/mol. The molecule has 11 rings (SSSR count). The predicted molar refractivity (Wildman–Crippen MR) is 285 cm³/mol. The number of hydrogen-bond donors (Lipinski definition) is 5. The Hall–Kier alpha value is -6.44. The van der Waals surface area contributed by atoms with Crippen LogP contribution >= 0.6 is 11.3 Å². The number of fused-ring (bicyclic) bond motifs is 3. The van der Waals surface area contributed by atoms with E-state index in [-0.39, 0.29) is 54.6 Å². The van der Waals surface area contributed by atoms with Crippen molar-refractivity contribution < 1.29 is 24.6 Å². The van der Waals surface area contributed by atoms with Gasteiger partial charge < -0.3 is 50.7 Å². The Morgan fingerprint density at radius 3 is 2.35 bits per heavy atom. The number of likely N-dealkylation sites (tertiary alicyclic amines) is 3. The van der Waals surface area contributed by atoms with E-state index in [1.54, 1.807) is 23.5 Å². The van der Waals surface area contributed by atoms with E-state index in [0.29, 0.717) is 36.3 Å². The second kappa shape index (κ2) is 20.4. The second-order valence-corrected chi connectivity index (χ2v) is 23.5. The Labute approximate surface area is 437 Å². The predicted octanol–water partition coefficient (Wildman–Crippen LogP) is 6.02. The minimum absolute atomic E-state index is 0.0347. The van der Waals surface area contributed by atoms with Gasteiger partial charge in [-0.05, 0) is 105 Å². The number of β-amino-alcohol motifs (C(OH)–C–C–N with tert-alkyl or cyclic N) is 1. The molecule has 0 bridgehead atoms. The zero-order valence-electron chi connectivity index (χ0n) is 42.9. The number of thiazole rings is 1. The Balaban J connectivity index is 0.622. The van der Waals surface area contributed by atoms with Gasteiger partial charge in [0.05, 0.1) is 39.6 Å². The molecule has 0 radical (unpaired) electrons. The summed E-state index contributed by atoms with van der Waals surface area (Å²) >= 11 is 1.59. The zero-order chi connectivity index (χ0) is 51.3. The Morgan fingerprint density at radius 1 is 0.905 bits per heavy atom. The Bertz CT molecular complexity index is 2830. The molecule has 8 heterocycles. The fourth-order valence-corrected chi connectivity index (χ4v) is 13.2. The molecule has 3 aromatic heterocycles. The van der Waals surface area contributed by atoms with Crippen molar-refractivity contribution in [3.05, 3.63) is 89.3 Å². The van der Waals surface area contributed by atoms with Gasteiger partial charge in [-0.15, -0.1) is 21.5 Å². The minimum atomic E-state index is -0.877. The smallest absolute Gasteiger partial charge is 0.318 e. The molecule has 18 nitrogen and oxygen atoms in total. The Morgan fingerprint density at radius 2 is 1.65 bits per heavy atom. The topological polar surface area (TPSA) is 208 Å². The van der Waals surface area contributed by atoms with Gasteiger partial charge in [0.2, 0.25) is 17.8 Å². The second-order valence-electron chi connectivity index (χ2n) is 22.7. The van der Waals surface area contributed by atoms with Crippen LogP contribution in [-0.4, -0.2) is 157 Å². The van der Waals surface area contributed by atoms with Crippen LogP contribution < -0.4 is 25.8 Å². The molecule has 390 valence electrons. The monoisotopic (exact) mass is 1020 g/mol. The number of phenolic OH excluding ortho intramolecular Hbond substituents is 1. The maximum Gasteiger partial charge on any atom is 0.318 e. The number of amides is 4. The molecule has 5 fully saturated rings. The van der Waals surface area contributed by atoms with Crippen LogP contribution in [0.2, 0.25) is 0 Å². The van der Waals surface area contributed by atoms with E-state index >= 15 is 0 Å². The lowest BCUT2D eigenvalue weighted by molar-refractivity contribution is -0.142. The number of piperazine rings is 1. The van der Waals surface area contributed by atoms with Crippen molar-refractivity contribution in [2.24, 2.45) is 10.8 Å². The van der Waals surface area contributed by atoms with Crippen LogP contribution in [0.25, 0.3) is 21.7 Å². The van der Waals surface area contributed by atoms with E-state index in [9.17, 15) is 24.6 Å². The molecule has 2 aromatic carbocycles. The third-order valence-corrected chi connectivity index (χ3v) is 17.7. The highest BCUT2D eigenvalue weighted by Crippen LogP contribution is 2.46. The molecule has 0 unspecified atom stereocenters. The summed E-state index contributed by atoms with van der Waals surface area (Å²) in [4.78, 5) is 67.7. The molecule has 6 aliphatic rings. The van der Waals surface area contributed by atoms with Crippen LogP contribution in [0.5, 0.6) is 5.75 Å². The number of para-hydroxylation sites is 1. The number of carbonyl (C=O) groups is 3. The van der Waals surface area contributed by atoms with Gasteiger partial charge in [0.15, 0.2) is 5.82 Å². The lowest BCUT2D eigenvalue weighted by Gasteiger charge is -2.55. The first-order chi connectivity index (χ1) is 35.7. The van der Waals surface area contributed by atoms with Crippen molar-refractivity contribution in [2.75, 3.05) is 74.0 Å². The summed E-state index contributed by atoms with van der Waals surface area (Å²) in [5, 5.41) is 39.6. The quantitative estimate of drug-likeness (QED) is 0.109. The van der Waals surface area contributed by atoms with E-state index < -0.39 is 23.6 Å². The highest BCUT2D eigenvalue weighted by molar-refractivity contribution is 7.13. The number of nitrogens with one attached hydrogen (secondary N) is 3. The maximum atomic E-state index is 14.3. The molecule has 4 saturated heterocycles. The summed E-state index contributed by atoms with van der Waals surface area (Å²) in [7, 11) is 0. The van der Waals surface area contributed by atoms with Gasteiger partial charge in [0.1, 0.15) is 17.8 Å². The number of aromatic hydroxyl groups is 1. The van der Waals surface area contributed by atoms with Gasteiger partial charge in [-0.1, -0.05) is 57.2 Å². The van der Waals surface area contributed by atoms with Crippen LogP contribution in [0.4, 0.5) is 22.2 Å². The molecule has 4 amide bonds. The molecule has 1 aliphatic carbocycles. The summed E-state index contributed by atoms with van der Waals surface area (Å²) in [6.45, 7) is 14.6. The van der Waals surface area contributed by atoms with Crippen molar-refractivity contribution in [3.8, 4) is 27.4 Å². The van der Waals surface area contributed by atoms with Crippen molar-refractivity contribution in [1.82, 2.24) is 50.5 Å². The molecule has 5 aromatic rings. The van der Waals surface area contributed by atoms with E-state index in [1.807, 2.05) is 93.0 Å². The van der Waals surface area contributed by atoms with E-state index in [2.05, 4.69) is 45.8 Å². The number of hydrogen-bond acceptors (Lipinski definition) is 15. The van der Waals surface area contributed by atoms with Crippen molar-refractivity contribution >= 4 is 46.6 Å². The largest absolute Gasteiger partial charge is 0.507 e. The lowest BCUT2D eigenvalue weighted by Crippen LogP contribution is -2.66. The number of aryl methyl sites for hydroxylation is 1. The van der Waals surface area contributed by atoms with Crippen LogP contribution in [0, 0.1) is 17.8 Å². The van der Waals surface area contributed by atoms with Gasteiger partial charge in [-0.25, -0.2) is 19.7 Å². The summed E-state index contributed by atoms with van der Waals surface area (Å²) in [6, 6.07) is 16.0. The average Bonchev–Trinajstić information content (AvgIpc) is 4.03. The number of benzene rings is 2. The van der Waals surface area contributed by atoms with E-state index in [1.165, 1.54) is 10.5 Å². The first-order valence-electron chi connectivity index (χ1n) is 26.5. The number of piperidine rings is 1. The first kappa shape index (κ1) is 49.8. The third kappa shape index (κ3) is 10.1. The molecule has 4 atom stereocenters. The highest BCUT2D eigenvalue weighted by Gasteiger charge is 2.50. The van der Waals surface area contributed by atoms with Crippen molar-refractivity contribution in [1.29, 1.82) is 0 Å². The van der Waals surface area contributed by atoms with Crippen LogP contribution in [-0.2, 0) is 16.1 Å². The third-order valence-electron chi connectivity index (χ3n) is 16.7. The van der Waals surface area contributed by atoms with Gasteiger partial charge in [0, 0.05) is 88.2 Å². The highest BCUT2D eigenvalue weighted by atomic mass is 32.1. The first-order valence-corrected chi connectivity index (χ1v) is 27.4. The number of urea groups is 1. The van der Waals surface area contributed by atoms with Crippen LogP contribution in [0.1, 0.15) is 88.5 Å². The molecular formula is C55H69N13O5S. The number of aliphatic hydroxyl groups excluding tert-OH is 1. The van der Waals surface area contributed by atoms with Gasteiger partial charge in [0.25, 0.3) is 0 Å². The van der Waals surface area contributed by atoms with Crippen molar-refractivity contribution in [3.63, 3.8) is 0 Å². The van der Waals surface area contributed by atoms with Crippen molar-refractivity contribution in [2.45, 2.75) is 115 Å². The fourth-order valence-electron chi connectivity index (χ4n) is 12.4. The summed E-state index contributed by atoms with van der Waals surface area (Å²) in [5.74, 6) is 1.47. The maximum absolute atomic E-state index is 14.3. The van der Waals surface area contributed by atoms with Crippen LogP contribution in [0.15, 0.2) is 72.5 Å². The summed E-state index contributed by atoms with van der Waals surface area (Å²) in [5.41, 5.74) is 7.79. The normalized spacial score (nSPS) is 22.6. The molecule has 1 spiro atoms.